The average Bonchev–Trinajstić information content (AvgIpc) is 1.86. The van der Waals surface area contributed by atoms with Crippen LogP contribution in [0, 0.1) is 13.8 Å². The molecule has 94 heavy (non-hydrogen) atoms. The number of esters is 4. The summed E-state index contributed by atoms with van der Waals surface area (Å²) in [6.45, 7) is 18.2. The Labute approximate surface area is 553 Å². The molecule has 18 nitrogen and oxygen atoms in total. The summed E-state index contributed by atoms with van der Waals surface area (Å²) in [7, 11) is 1.67. The van der Waals surface area contributed by atoms with Crippen molar-refractivity contribution in [3.05, 3.63) is 192 Å². The number of benzene rings is 6. The number of aryl methyl sites for hydroxylation is 2. The van der Waals surface area contributed by atoms with Crippen LogP contribution in [-0.4, -0.2) is 116 Å². The highest BCUT2D eigenvalue weighted by atomic mass is 17.2. The van der Waals surface area contributed by atoms with Gasteiger partial charge in [-0.3, -0.25) is 0 Å². The van der Waals surface area contributed by atoms with Crippen molar-refractivity contribution in [3.8, 4) is 40.2 Å². The number of hydrogen-bond donors (Lipinski definition) is 0. The Morgan fingerprint density at radius 1 is 0.415 bits per heavy atom. The summed E-state index contributed by atoms with van der Waals surface area (Å²) in [4.78, 5) is 61.1. The minimum absolute atomic E-state index is 0.313. The summed E-state index contributed by atoms with van der Waals surface area (Å²) in [5.41, 5.74) is 3.54. The lowest BCUT2D eigenvalue weighted by molar-refractivity contribution is -0.286. The average molecular weight is 1290 g/mol. The Morgan fingerprint density at radius 2 is 0.787 bits per heavy atom. The molecular weight excluding hydrogens is 1200 g/mol. The van der Waals surface area contributed by atoms with Gasteiger partial charge in [-0.1, -0.05) is 69.7 Å². The van der Waals surface area contributed by atoms with Crippen LogP contribution in [0.2, 0.25) is 0 Å². The Balaban J connectivity index is 0.000000267. The van der Waals surface area contributed by atoms with Gasteiger partial charge in [-0.25, -0.2) is 29.0 Å². The molecule has 6 aromatic rings. The molecule has 2 aliphatic heterocycles. The van der Waals surface area contributed by atoms with Gasteiger partial charge in [0.2, 0.25) is 0 Å². The largest absolute Gasteiger partial charge is 0.494 e. The second-order valence-electron chi connectivity index (χ2n) is 22.8. The van der Waals surface area contributed by atoms with Crippen LogP contribution in [-0.2, 0) is 33.5 Å². The molecule has 2 unspecified atom stereocenters. The fourth-order valence-electron chi connectivity index (χ4n) is 9.51. The van der Waals surface area contributed by atoms with E-state index in [1.807, 2.05) is 0 Å². The van der Waals surface area contributed by atoms with E-state index in [1.54, 1.807) is 160 Å². The van der Waals surface area contributed by atoms with Crippen LogP contribution in [0.3, 0.4) is 0 Å². The summed E-state index contributed by atoms with van der Waals surface area (Å²) in [6.07, 6.45) is 19.5. The molecular formula is C76H92O18. The molecule has 6 aromatic carbocycles. The predicted molar refractivity (Wildman–Crippen MR) is 358 cm³/mol. The Hall–Kier alpha value is -8.36. The normalized spacial score (nSPS) is 13.5. The Bertz CT molecular complexity index is 3230. The quantitative estimate of drug-likeness (QED) is 0.00509. The molecule has 0 amide bonds. The molecule has 0 N–H and O–H groups in total. The molecule has 2 atom stereocenters. The fraction of sp³-hybridized carbons (Fsp3) is 0.421. The van der Waals surface area contributed by atoms with E-state index >= 15 is 0 Å². The van der Waals surface area contributed by atoms with E-state index in [9.17, 15) is 19.2 Å². The maximum absolute atomic E-state index is 12.9. The van der Waals surface area contributed by atoms with Gasteiger partial charge in [-0.05, 0) is 198 Å². The third-order valence-corrected chi connectivity index (χ3v) is 15.0. The van der Waals surface area contributed by atoms with Gasteiger partial charge >= 0.3 is 23.9 Å². The minimum atomic E-state index is -0.527. The van der Waals surface area contributed by atoms with Crippen LogP contribution in [0.5, 0.6) is 40.2 Å². The minimum Gasteiger partial charge on any atom is -0.494 e. The third-order valence-electron chi connectivity index (χ3n) is 15.0. The first-order chi connectivity index (χ1) is 45.9. The van der Waals surface area contributed by atoms with E-state index in [-0.39, 0.29) is 0 Å². The van der Waals surface area contributed by atoms with Gasteiger partial charge in [-0.15, -0.1) is 6.58 Å². The highest BCUT2D eigenvalue weighted by Gasteiger charge is 2.22. The molecule has 2 saturated heterocycles. The van der Waals surface area contributed by atoms with Crippen molar-refractivity contribution in [2.45, 2.75) is 129 Å². The maximum atomic E-state index is 12.9. The van der Waals surface area contributed by atoms with Crippen molar-refractivity contribution in [3.63, 3.8) is 0 Å². The third kappa shape index (κ3) is 28.5. The van der Waals surface area contributed by atoms with E-state index in [0.29, 0.717) is 140 Å². The number of carbonyl (C=O) groups is 4. The molecule has 8 rings (SSSR count). The predicted octanol–water partition coefficient (Wildman–Crippen LogP) is 15.8. The van der Waals surface area contributed by atoms with Crippen LogP contribution >= 0.6 is 0 Å². The van der Waals surface area contributed by atoms with E-state index < -0.39 is 23.9 Å². The zero-order valence-corrected chi connectivity index (χ0v) is 54.8. The van der Waals surface area contributed by atoms with E-state index in [0.717, 1.165) is 101 Å². The molecule has 2 aliphatic rings. The molecule has 0 aromatic heterocycles. The highest BCUT2D eigenvalue weighted by molar-refractivity contribution is 5.95. The van der Waals surface area contributed by atoms with Gasteiger partial charge < -0.3 is 56.8 Å². The van der Waals surface area contributed by atoms with Crippen LogP contribution in [0.25, 0.3) is 5.76 Å². The molecule has 504 valence electrons. The first-order valence-corrected chi connectivity index (χ1v) is 32.8. The van der Waals surface area contributed by atoms with Gasteiger partial charge in [0.1, 0.15) is 52.6 Å². The van der Waals surface area contributed by atoms with E-state index in [1.165, 1.54) is 32.1 Å². The van der Waals surface area contributed by atoms with Gasteiger partial charge in [-0.2, -0.15) is 0 Å². The molecule has 0 spiro atoms. The lowest BCUT2D eigenvalue weighted by Gasteiger charge is -2.11. The first-order valence-electron chi connectivity index (χ1n) is 32.8. The lowest BCUT2D eigenvalue weighted by Crippen LogP contribution is -2.12. The van der Waals surface area contributed by atoms with Crippen LogP contribution < -0.4 is 33.2 Å². The zero-order chi connectivity index (χ0) is 66.4. The maximum Gasteiger partial charge on any atom is 0.343 e. The molecule has 2 heterocycles. The number of unbranched alkanes of at least 4 members (excludes halogenated alkanes) is 9. The second-order valence-corrected chi connectivity index (χ2v) is 22.8. The molecule has 18 heteroatoms. The number of ether oxygens (including phenoxy) is 12. The molecule has 2 fully saturated rings. The van der Waals surface area contributed by atoms with E-state index in [4.69, 9.17) is 66.6 Å². The molecule has 0 saturated carbocycles. The van der Waals surface area contributed by atoms with Gasteiger partial charge in [0.25, 0.3) is 0 Å². The van der Waals surface area contributed by atoms with Crippen molar-refractivity contribution in [1.82, 2.24) is 0 Å². The van der Waals surface area contributed by atoms with Crippen molar-refractivity contribution in [2.24, 2.45) is 0 Å². The topological polar surface area (TPSA) is 204 Å². The van der Waals surface area contributed by atoms with Crippen molar-refractivity contribution >= 4 is 29.6 Å². The first kappa shape index (κ1) is 73.1. The number of rotatable bonds is 45. The van der Waals surface area contributed by atoms with Gasteiger partial charge in [0.15, 0.2) is 0 Å². The molecule has 0 aliphatic carbocycles. The van der Waals surface area contributed by atoms with Crippen molar-refractivity contribution in [1.29, 1.82) is 0 Å². The number of carbonyl (C=O) groups excluding carboxylic acids is 4. The Kier molecular flexibility index (Phi) is 32.7. The zero-order valence-electron chi connectivity index (χ0n) is 54.8. The Morgan fingerprint density at radius 3 is 1.21 bits per heavy atom. The van der Waals surface area contributed by atoms with Crippen LogP contribution in [0.1, 0.15) is 161 Å². The number of hydrogen-bond acceptors (Lipinski definition) is 18. The lowest BCUT2D eigenvalue weighted by atomic mass is 10.1. The van der Waals surface area contributed by atoms with Crippen LogP contribution in [0.4, 0.5) is 0 Å². The summed E-state index contributed by atoms with van der Waals surface area (Å²) in [5, 5.41) is 0. The summed E-state index contributed by atoms with van der Waals surface area (Å²) < 4.78 is 66.3. The second kappa shape index (κ2) is 42.1. The van der Waals surface area contributed by atoms with Crippen molar-refractivity contribution in [2.75, 3.05) is 79.8 Å². The smallest absolute Gasteiger partial charge is 0.343 e. The highest BCUT2D eigenvalue weighted by Crippen LogP contribution is 2.27. The SMILES string of the molecule is C=CCOOCCCCCCOc1ccc(OC(=O)c2ccc(OC(=O)c3ccc(C(=C)OCCCOCCCOC)cc3)cc2C)cc1.Cc1cc(OC(=O)c2ccc(OCCCCCCC3CO3)cc2)ccc1C(=O)Oc1ccc(OCCCCCCC2CO2)cc1. The fourth-order valence-corrected chi connectivity index (χ4v) is 9.51. The monoisotopic (exact) mass is 1290 g/mol. The van der Waals surface area contributed by atoms with Gasteiger partial charge in [0, 0.05) is 38.9 Å². The standard InChI is InChI=1S/C39H48O10.C37H44O8/c1-5-22-46-47-28-9-7-6-8-26-45-34-16-18-35(19-17-34)48-39(41)37-21-20-36(29-30(37)2)49-38(40)33-14-12-32(13-15-33)31(3)44-27-11-25-43-24-10-23-42-4;1-27-24-32(45-36(38)28-12-14-29(15-13-28)40-22-8-4-2-6-10-33-25-42-33)20-21-35(27)37(39)44-31-18-16-30(17-19-31)41-23-9-5-3-7-11-34-26-43-34/h5,12-21,29H,1,3,6-11,22-28H2,2,4H3;12-21,24,33-34H,2-11,22-23,25-26H2,1H3. The summed E-state index contributed by atoms with van der Waals surface area (Å²) in [5.74, 6) is 2.14. The van der Waals surface area contributed by atoms with Crippen molar-refractivity contribution < 1.29 is 85.8 Å². The summed E-state index contributed by atoms with van der Waals surface area (Å²) >= 11 is 0. The molecule has 0 bridgehead atoms. The van der Waals surface area contributed by atoms with E-state index in [2.05, 4.69) is 13.2 Å². The van der Waals surface area contributed by atoms with Crippen LogP contribution in [0.15, 0.2) is 153 Å². The summed E-state index contributed by atoms with van der Waals surface area (Å²) in [6, 6.07) is 37.3. The molecule has 0 radical (unpaired) electrons. The number of methoxy groups -OCH3 is 1. The van der Waals surface area contributed by atoms with Gasteiger partial charge in [0.05, 0.1) is 80.7 Å². The number of epoxide rings is 2.